The van der Waals surface area contributed by atoms with Gasteiger partial charge in [0.05, 0.1) is 16.9 Å². The molecule has 4 rings (SSSR count). The van der Waals surface area contributed by atoms with Crippen LogP contribution in [0.3, 0.4) is 0 Å². The minimum Gasteiger partial charge on any atom is -0.432 e. The Morgan fingerprint density at radius 2 is 1.50 bits per heavy atom. The Hall–Kier alpha value is -3.21. The summed E-state index contributed by atoms with van der Waals surface area (Å²) in [5, 5.41) is -0.987. The lowest BCUT2D eigenvalue weighted by atomic mass is 9.75. The van der Waals surface area contributed by atoms with Gasteiger partial charge in [-0.1, -0.05) is 59.3 Å². The van der Waals surface area contributed by atoms with Crippen molar-refractivity contribution in [1.82, 2.24) is 0 Å². The van der Waals surface area contributed by atoms with E-state index in [2.05, 4.69) is 25.7 Å². The van der Waals surface area contributed by atoms with E-state index < -0.39 is 51.9 Å². The van der Waals surface area contributed by atoms with Gasteiger partial charge in [-0.2, -0.15) is 8.78 Å². The lowest BCUT2D eigenvalue weighted by Crippen LogP contribution is -2.38. The quantitative estimate of drug-likeness (QED) is 0.157. The largest absolute Gasteiger partial charge is 0.432 e. The zero-order chi connectivity index (χ0) is 31.0. The average molecular weight is 593 g/mol. The van der Waals surface area contributed by atoms with E-state index in [0.29, 0.717) is 49.1 Å². The van der Waals surface area contributed by atoms with Crippen molar-refractivity contribution in [2.24, 2.45) is 17.8 Å². The van der Waals surface area contributed by atoms with E-state index in [0.717, 1.165) is 31.0 Å². The van der Waals surface area contributed by atoms with Gasteiger partial charge >= 0.3 is 6.11 Å². The molecular formula is C34H35F7O. The average Bonchev–Trinajstić information content (AvgIpc) is 2.90. The minimum atomic E-state index is -3.49. The van der Waals surface area contributed by atoms with Crippen molar-refractivity contribution in [3.05, 3.63) is 76.1 Å². The van der Waals surface area contributed by atoms with Crippen LogP contribution < -0.4 is 4.74 Å². The van der Waals surface area contributed by atoms with Gasteiger partial charge in [-0.3, -0.25) is 0 Å². The zero-order valence-electron chi connectivity index (χ0n) is 24.4. The van der Waals surface area contributed by atoms with E-state index >= 15 is 13.2 Å². The third-order valence-electron chi connectivity index (χ3n) is 8.28. The van der Waals surface area contributed by atoms with Gasteiger partial charge in [0.15, 0.2) is 17.5 Å². The Balaban J connectivity index is 1.62. The van der Waals surface area contributed by atoms with Crippen LogP contribution in [0.1, 0.15) is 89.8 Å². The first-order chi connectivity index (χ1) is 19.6. The molecule has 8 heteroatoms. The maximum Gasteiger partial charge on any atom is 0.400 e. The molecule has 1 nitrogen and oxygen atoms in total. The van der Waals surface area contributed by atoms with E-state index in [-0.39, 0.29) is 22.3 Å². The third-order valence-corrected chi connectivity index (χ3v) is 8.28. The van der Waals surface area contributed by atoms with Gasteiger partial charge in [-0.05, 0) is 78.1 Å². The molecule has 0 heterocycles. The van der Waals surface area contributed by atoms with E-state index in [1.54, 1.807) is 20.8 Å². The summed E-state index contributed by atoms with van der Waals surface area (Å²) in [4.78, 5) is 0. The molecule has 1 aliphatic rings. The summed E-state index contributed by atoms with van der Waals surface area (Å²) in [5.41, 5.74) is -0.606. The van der Waals surface area contributed by atoms with Crippen LogP contribution in [-0.4, -0.2) is 6.11 Å². The topological polar surface area (TPSA) is 9.23 Å². The highest BCUT2D eigenvalue weighted by Gasteiger charge is 2.44. The van der Waals surface area contributed by atoms with E-state index in [9.17, 15) is 17.6 Å². The van der Waals surface area contributed by atoms with Crippen LogP contribution in [-0.2, 0) is 5.41 Å². The molecule has 0 aliphatic heterocycles. The number of hydrogen-bond acceptors (Lipinski definition) is 1. The summed E-state index contributed by atoms with van der Waals surface area (Å²) < 4.78 is 107. The molecule has 1 unspecified atom stereocenters. The summed E-state index contributed by atoms with van der Waals surface area (Å²) >= 11 is 0. The Morgan fingerprint density at radius 3 is 2.12 bits per heavy atom. The van der Waals surface area contributed by atoms with Crippen molar-refractivity contribution in [3.63, 3.8) is 0 Å². The Bertz CT molecular complexity index is 1520. The molecule has 0 spiro atoms. The molecule has 3 aromatic rings. The third kappa shape index (κ3) is 6.71. The summed E-state index contributed by atoms with van der Waals surface area (Å²) in [6, 6.07) is 4.83. The van der Waals surface area contributed by atoms with E-state index in [1.807, 2.05) is 0 Å². The van der Waals surface area contributed by atoms with Crippen LogP contribution in [0, 0.1) is 58.7 Å². The van der Waals surface area contributed by atoms with Crippen LogP contribution >= 0.6 is 0 Å². The van der Waals surface area contributed by atoms with Crippen LogP contribution in [0.15, 0.2) is 30.3 Å². The number of alkyl halides is 2. The van der Waals surface area contributed by atoms with Gasteiger partial charge < -0.3 is 4.74 Å². The minimum absolute atomic E-state index is 0.0413. The zero-order valence-corrected chi connectivity index (χ0v) is 24.4. The molecule has 0 bridgehead atoms. The highest BCUT2D eigenvalue weighted by Crippen LogP contribution is 2.43. The summed E-state index contributed by atoms with van der Waals surface area (Å²) in [6.07, 6.45) is 0.691. The van der Waals surface area contributed by atoms with Crippen LogP contribution in [0.25, 0.3) is 10.8 Å². The second-order valence-corrected chi connectivity index (χ2v) is 12.4. The molecule has 3 aromatic carbocycles. The monoisotopic (exact) mass is 592 g/mol. The molecular weight excluding hydrogens is 557 g/mol. The SMILES string of the molecule is CCCC(C)C1CCC(C(F)(F)Oc2cc(F)c(C#Cc3cc(F)c4c(F)c(F)c(F)cc4c3)c(C(C)(C)C)c2)CC1. The number of halogens is 7. The van der Waals surface area contributed by atoms with Gasteiger partial charge in [-0.25, -0.2) is 22.0 Å². The summed E-state index contributed by atoms with van der Waals surface area (Å²) in [7, 11) is 0. The standard InChI is InChI=1S/C34H35F7O/c1-6-7-19(2)21-9-11-23(12-10-21)34(40,41)42-24-17-26(33(3,4)5)25(27(35)18-24)13-8-20-14-22-16-29(37)31(38)32(39)30(22)28(36)15-20/h14-19,21,23H,6-7,9-12H2,1-5H3. The molecule has 226 valence electrons. The van der Waals surface area contributed by atoms with Crippen LogP contribution in [0.2, 0.25) is 0 Å². The predicted octanol–water partition coefficient (Wildman–Crippen LogP) is 10.4. The van der Waals surface area contributed by atoms with Crippen molar-refractivity contribution < 1.29 is 35.5 Å². The first-order valence-electron chi connectivity index (χ1n) is 14.3. The fraction of sp³-hybridized carbons (Fsp3) is 0.471. The van der Waals surface area contributed by atoms with Crippen molar-refractivity contribution in [3.8, 4) is 17.6 Å². The van der Waals surface area contributed by atoms with Crippen molar-refractivity contribution in [2.75, 3.05) is 0 Å². The number of fused-ring (bicyclic) bond motifs is 1. The van der Waals surface area contributed by atoms with Crippen molar-refractivity contribution in [1.29, 1.82) is 0 Å². The van der Waals surface area contributed by atoms with Gasteiger partial charge in [0.1, 0.15) is 17.4 Å². The summed E-state index contributed by atoms with van der Waals surface area (Å²) in [5.74, 6) is -2.20. The second kappa shape index (κ2) is 12.2. The molecule has 1 fully saturated rings. The van der Waals surface area contributed by atoms with Crippen LogP contribution in [0.5, 0.6) is 5.75 Å². The maximum absolute atomic E-state index is 15.4. The normalized spacial score (nSPS) is 18.5. The Morgan fingerprint density at radius 1 is 0.833 bits per heavy atom. The van der Waals surface area contributed by atoms with E-state index in [4.69, 9.17) is 4.74 Å². The van der Waals surface area contributed by atoms with Crippen LogP contribution in [0.4, 0.5) is 30.7 Å². The first kappa shape index (κ1) is 31.7. The predicted molar refractivity (Wildman–Crippen MR) is 150 cm³/mol. The molecule has 42 heavy (non-hydrogen) atoms. The Labute approximate surface area is 242 Å². The van der Waals surface area contributed by atoms with E-state index in [1.165, 1.54) is 6.07 Å². The number of rotatable bonds is 6. The fourth-order valence-corrected chi connectivity index (χ4v) is 5.91. The maximum atomic E-state index is 15.4. The molecule has 0 saturated heterocycles. The molecule has 0 amide bonds. The van der Waals surface area contributed by atoms with Gasteiger partial charge in [-0.15, -0.1) is 0 Å². The van der Waals surface area contributed by atoms with Crippen molar-refractivity contribution in [2.45, 2.75) is 84.7 Å². The molecule has 0 radical (unpaired) electrons. The molecule has 1 aliphatic carbocycles. The lowest BCUT2D eigenvalue weighted by Gasteiger charge is -2.35. The summed E-state index contributed by atoms with van der Waals surface area (Å²) in [6.45, 7) is 9.54. The first-order valence-corrected chi connectivity index (χ1v) is 14.3. The smallest absolute Gasteiger partial charge is 0.400 e. The lowest BCUT2D eigenvalue weighted by molar-refractivity contribution is -0.224. The van der Waals surface area contributed by atoms with Gasteiger partial charge in [0, 0.05) is 11.6 Å². The highest BCUT2D eigenvalue weighted by molar-refractivity contribution is 5.85. The fourth-order valence-electron chi connectivity index (χ4n) is 5.91. The van der Waals surface area contributed by atoms with Gasteiger partial charge in [0.25, 0.3) is 0 Å². The molecule has 0 aromatic heterocycles. The molecule has 1 atom stereocenters. The molecule has 1 saturated carbocycles. The second-order valence-electron chi connectivity index (χ2n) is 12.4. The number of benzene rings is 3. The van der Waals surface area contributed by atoms with Gasteiger partial charge in [0.2, 0.25) is 0 Å². The molecule has 0 N–H and O–H groups in total. The Kier molecular flexibility index (Phi) is 9.20. The highest BCUT2D eigenvalue weighted by atomic mass is 19.3. The number of hydrogen-bond donors (Lipinski definition) is 0. The number of ether oxygens (including phenoxy) is 1. The van der Waals surface area contributed by atoms with Crippen molar-refractivity contribution >= 4 is 10.8 Å².